The van der Waals surface area contributed by atoms with Gasteiger partial charge in [0.15, 0.2) is 0 Å². The highest BCUT2D eigenvalue weighted by Gasteiger charge is 2.28. The first-order valence-corrected chi connectivity index (χ1v) is 7.97. The molecule has 1 atom stereocenters. The van der Waals surface area contributed by atoms with Gasteiger partial charge < -0.3 is 19.9 Å². The number of pyridine rings is 1. The summed E-state index contributed by atoms with van der Waals surface area (Å²) in [6.45, 7) is 5.88. The van der Waals surface area contributed by atoms with Crippen LogP contribution >= 0.6 is 12.4 Å². The summed E-state index contributed by atoms with van der Waals surface area (Å²) in [5, 5.41) is 13.1. The number of carbonyl (C=O) groups is 1. The first-order chi connectivity index (χ1) is 11.1. The van der Waals surface area contributed by atoms with Gasteiger partial charge in [-0.05, 0) is 25.5 Å². The number of anilines is 1. The fourth-order valence-corrected chi connectivity index (χ4v) is 3.81. The lowest BCUT2D eigenvalue weighted by atomic mass is 10.0. The highest BCUT2D eigenvalue weighted by molar-refractivity contribution is 5.95. The molecule has 1 saturated heterocycles. The molecule has 2 aromatic rings. The molecule has 0 aliphatic carbocycles. The number of carboxylic acids is 1. The van der Waals surface area contributed by atoms with Crippen LogP contribution in [-0.2, 0) is 6.42 Å². The summed E-state index contributed by atoms with van der Waals surface area (Å²) in [5.74, 6) is -1.16. The van der Waals surface area contributed by atoms with E-state index in [1.807, 2.05) is 10.6 Å². The van der Waals surface area contributed by atoms with Crippen LogP contribution in [0, 0.1) is 0 Å². The second-order valence-electron chi connectivity index (χ2n) is 6.33. The molecular formula is C17H20ClN3O3. The van der Waals surface area contributed by atoms with Crippen molar-refractivity contribution >= 4 is 35.0 Å². The summed E-state index contributed by atoms with van der Waals surface area (Å²) >= 11 is 0. The molecule has 128 valence electrons. The van der Waals surface area contributed by atoms with Gasteiger partial charge in [0.1, 0.15) is 5.56 Å². The monoisotopic (exact) mass is 349 g/mol. The number of hydrogen-bond donors (Lipinski definition) is 2. The average molecular weight is 350 g/mol. The number of halogens is 1. The molecule has 2 aliphatic heterocycles. The predicted octanol–water partition coefficient (Wildman–Crippen LogP) is 1.65. The molecule has 0 saturated carbocycles. The van der Waals surface area contributed by atoms with E-state index >= 15 is 0 Å². The van der Waals surface area contributed by atoms with E-state index in [1.54, 1.807) is 6.07 Å². The summed E-state index contributed by atoms with van der Waals surface area (Å²) in [5.41, 5.74) is 2.73. The number of benzene rings is 1. The zero-order valence-electron chi connectivity index (χ0n) is 13.4. The van der Waals surface area contributed by atoms with Crippen molar-refractivity contribution in [3.8, 4) is 0 Å². The second-order valence-corrected chi connectivity index (χ2v) is 6.33. The summed E-state index contributed by atoms with van der Waals surface area (Å²) in [4.78, 5) is 26.2. The molecule has 4 rings (SSSR count). The van der Waals surface area contributed by atoms with Crippen LogP contribution in [0.15, 0.2) is 23.1 Å². The Morgan fingerprint density at radius 1 is 1.29 bits per heavy atom. The van der Waals surface area contributed by atoms with Crippen LogP contribution in [0.25, 0.3) is 10.9 Å². The molecule has 2 N–H and O–H groups in total. The van der Waals surface area contributed by atoms with Crippen LogP contribution in [0.4, 0.5) is 5.69 Å². The highest BCUT2D eigenvalue weighted by atomic mass is 35.5. The van der Waals surface area contributed by atoms with E-state index in [2.05, 4.69) is 17.1 Å². The van der Waals surface area contributed by atoms with E-state index in [1.165, 1.54) is 17.4 Å². The lowest BCUT2D eigenvalue weighted by Crippen LogP contribution is -2.43. The zero-order valence-corrected chi connectivity index (χ0v) is 14.2. The molecule has 0 spiro atoms. The maximum atomic E-state index is 12.5. The summed E-state index contributed by atoms with van der Waals surface area (Å²) in [6.07, 6.45) is 2.34. The SMILES string of the molecule is CC1Cc2c(N3CCNCC3)ccc3c(=O)c(C(=O)O)cn1c23.Cl. The minimum Gasteiger partial charge on any atom is -0.477 e. The minimum atomic E-state index is -1.16. The van der Waals surface area contributed by atoms with E-state index in [0.29, 0.717) is 5.39 Å². The van der Waals surface area contributed by atoms with Gasteiger partial charge in [-0.2, -0.15) is 0 Å². The molecule has 1 unspecified atom stereocenters. The number of rotatable bonds is 2. The summed E-state index contributed by atoms with van der Waals surface area (Å²) in [7, 11) is 0. The van der Waals surface area contributed by atoms with Crippen molar-refractivity contribution in [2.24, 2.45) is 0 Å². The van der Waals surface area contributed by atoms with Crippen molar-refractivity contribution < 1.29 is 9.90 Å². The van der Waals surface area contributed by atoms with Crippen LogP contribution in [0.3, 0.4) is 0 Å². The van der Waals surface area contributed by atoms with Gasteiger partial charge in [0.25, 0.3) is 0 Å². The Kier molecular flexibility index (Phi) is 4.27. The maximum absolute atomic E-state index is 12.5. The van der Waals surface area contributed by atoms with Gasteiger partial charge in [-0.3, -0.25) is 4.79 Å². The van der Waals surface area contributed by atoms with E-state index in [9.17, 15) is 14.7 Å². The molecule has 24 heavy (non-hydrogen) atoms. The molecule has 1 fully saturated rings. The van der Waals surface area contributed by atoms with Crippen LogP contribution in [0.2, 0.25) is 0 Å². The van der Waals surface area contributed by atoms with Crippen molar-refractivity contribution in [1.29, 1.82) is 0 Å². The van der Waals surface area contributed by atoms with Gasteiger partial charge in [-0.1, -0.05) is 0 Å². The van der Waals surface area contributed by atoms with Crippen molar-refractivity contribution in [1.82, 2.24) is 9.88 Å². The molecular weight excluding hydrogens is 330 g/mol. The van der Waals surface area contributed by atoms with Gasteiger partial charge in [-0.25, -0.2) is 4.79 Å². The number of hydrogen-bond acceptors (Lipinski definition) is 4. The first kappa shape index (κ1) is 16.8. The third-order valence-corrected chi connectivity index (χ3v) is 4.94. The van der Waals surface area contributed by atoms with Crippen molar-refractivity contribution in [2.45, 2.75) is 19.4 Å². The average Bonchev–Trinajstić information content (AvgIpc) is 2.88. The number of piperazine rings is 1. The van der Waals surface area contributed by atoms with E-state index < -0.39 is 5.97 Å². The minimum absolute atomic E-state index is 0. The van der Waals surface area contributed by atoms with Gasteiger partial charge >= 0.3 is 5.97 Å². The van der Waals surface area contributed by atoms with Crippen molar-refractivity contribution in [3.63, 3.8) is 0 Å². The first-order valence-electron chi connectivity index (χ1n) is 7.97. The van der Waals surface area contributed by atoms with Crippen molar-refractivity contribution in [3.05, 3.63) is 39.7 Å². The van der Waals surface area contributed by atoms with Gasteiger partial charge in [0.05, 0.1) is 5.52 Å². The van der Waals surface area contributed by atoms with E-state index in [0.717, 1.165) is 38.1 Å². The number of aromatic carboxylic acids is 1. The number of aromatic nitrogens is 1. The lowest BCUT2D eigenvalue weighted by molar-refractivity contribution is 0.0695. The number of nitrogens with one attached hydrogen (secondary N) is 1. The molecule has 1 aromatic heterocycles. The molecule has 0 radical (unpaired) electrons. The number of nitrogens with zero attached hydrogens (tertiary/aromatic N) is 2. The zero-order chi connectivity index (χ0) is 16.1. The second kappa shape index (κ2) is 6.11. The molecule has 2 aliphatic rings. The normalized spacial score (nSPS) is 19.4. The largest absolute Gasteiger partial charge is 0.477 e. The predicted molar refractivity (Wildman–Crippen MR) is 95.9 cm³/mol. The fraction of sp³-hybridized carbons (Fsp3) is 0.412. The molecule has 7 heteroatoms. The Bertz CT molecular complexity index is 871. The van der Waals surface area contributed by atoms with E-state index in [-0.39, 0.29) is 29.4 Å². The van der Waals surface area contributed by atoms with Crippen LogP contribution in [0.1, 0.15) is 28.9 Å². The molecule has 6 nitrogen and oxygen atoms in total. The van der Waals surface area contributed by atoms with Gasteiger partial charge in [0, 0.05) is 55.1 Å². The smallest absolute Gasteiger partial charge is 0.341 e. The Morgan fingerprint density at radius 3 is 2.67 bits per heavy atom. The van der Waals surface area contributed by atoms with Crippen LogP contribution < -0.4 is 15.6 Å². The summed E-state index contributed by atoms with van der Waals surface area (Å²) in [6, 6.07) is 3.94. The van der Waals surface area contributed by atoms with Crippen LogP contribution in [-0.4, -0.2) is 41.8 Å². The van der Waals surface area contributed by atoms with E-state index in [4.69, 9.17) is 0 Å². The third-order valence-electron chi connectivity index (χ3n) is 4.94. The third kappa shape index (κ3) is 2.37. The Morgan fingerprint density at radius 2 is 2.00 bits per heavy atom. The highest BCUT2D eigenvalue weighted by Crippen LogP contribution is 2.37. The Balaban J connectivity index is 0.00000169. The van der Waals surface area contributed by atoms with Crippen LogP contribution in [0.5, 0.6) is 0 Å². The Labute approximate surface area is 145 Å². The van der Waals surface area contributed by atoms with Gasteiger partial charge in [-0.15, -0.1) is 12.4 Å². The number of carboxylic acid groups (broad SMARTS) is 1. The molecule has 0 amide bonds. The lowest BCUT2D eigenvalue weighted by Gasteiger charge is -2.31. The standard InChI is InChI=1S/C17H19N3O3.ClH/c1-10-8-12-14(19-6-4-18-5-7-19)3-2-11-15(12)20(10)9-13(16(11)21)17(22)23;/h2-3,9-10,18H,4-8H2,1H3,(H,22,23);1H. The molecule has 3 heterocycles. The Hall–Kier alpha value is -2.05. The van der Waals surface area contributed by atoms with Gasteiger partial charge in [0.2, 0.25) is 5.43 Å². The quantitative estimate of drug-likeness (QED) is 0.862. The summed E-state index contributed by atoms with van der Waals surface area (Å²) < 4.78 is 1.96. The topological polar surface area (TPSA) is 74.6 Å². The maximum Gasteiger partial charge on any atom is 0.341 e. The fourth-order valence-electron chi connectivity index (χ4n) is 3.81. The molecule has 1 aromatic carbocycles. The molecule has 0 bridgehead atoms. The van der Waals surface area contributed by atoms with Crippen molar-refractivity contribution in [2.75, 3.05) is 31.1 Å².